The molecule has 1 aliphatic heterocycles. The highest BCUT2D eigenvalue weighted by Gasteiger charge is 2.53. The largest absolute Gasteiger partial charge is 0.407 e. The van der Waals surface area contributed by atoms with Gasteiger partial charge in [-0.3, -0.25) is 0 Å². The molecule has 8 heteroatoms. The fraction of sp³-hybridized carbons (Fsp3) is 0.321. The van der Waals surface area contributed by atoms with Gasteiger partial charge in [-0.15, -0.1) is 0 Å². The summed E-state index contributed by atoms with van der Waals surface area (Å²) in [6.45, 7) is 8.71. The third-order valence-corrected chi connectivity index (χ3v) is 16.5. The highest BCUT2D eigenvalue weighted by Crippen LogP contribution is 2.38. The van der Waals surface area contributed by atoms with E-state index in [4.69, 9.17) is 32.8 Å². The lowest BCUT2D eigenvalue weighted by molar-refractivity contribution is -0.332. The van der Waals surface area contributed by atoms with Crippen LogP contribution in [0.5, 0.6) is 0 Å². The predicted molar refractivity (Wildman–Crippen MR) is 244 cm³/mol. The molecular weight excluding hydrogens is 777 g/mol. The Bertz CT molecular complexity index is 2080. The standard InChI is InChI=1S/C53H60O7Si/c1-53(2,3)61(45-31-19-9-20-32-45,46-33-21-10-22-34-46)59-36-35-47(55-37-41-23-11-5-12-24-41)48-49(56-38-42-25-13-6-14-26-42)50(57-39-43-27-15-7-16-28-43)51(52(54-4)60-48)58-40-44-29-17-8-18-30-44/h5-34,47-52H,35-40H2,1-4H3/t47-,48+,49+,50-,51+,52-/m0/s1. The molecule has 6 atom stereocenters. The quantitative estimate of drug-likeness (QED) is 0.0711. The maximum Gasteiger partial charge on any atom is 0.261 e. The molecule has 1 heterocycles. The maximum atomic E-state index is 7.47. The first-order valence-electron chi connectivity index (χ1n) is 21.4. The van der Waals surface area contributed by atoms with E-state index >= 15 is 0 Å². The minimum Gasteiger partial charge on any atom is -0.407 e. The Balaban J connectivity index is 1.26. The summed E-state index contributed by atoms with van der Waals surface area (Å²) in [5, 5.41) is 2.25. The number of hydrogen-bond donors (Lipinski definition) is 0. The van der Waals surface area contributed by atoms with E-state index < -0.39 is 45.1 Å². The van der Waals surface area contributed by atoms with Crippen LogP contribution in [0.2, 0.25) is 5.04 Å². The lowest BCUT2D eigenvalue weighted by atomic mass is 9.93. The van der Waals surface area contributed by atoms with Gasteiger partial charge >= 0.3 is 0 Å². The smallest absolute Gasteiger partial charge is 0.261 e. The highest BCUT2D eigenvalue weighted by atomic mass is 28.4. The first kappa shape index (κ1) is 44.3. The van der Waals surface area contributed by atoms with Crippen molar-refractivity contribution in [3.05, 3.63) is 204 Å². The number of ether oxygens (including phenoxy) is 6. The van der Waals surface area contributed by atoms with Gasteiger partial charge in [-0.25, -0.2) is 0 Å². The Kier molecular flexibility index (Phi) is 15.9. The Morgan fingerprint density at radius 3 is 1.28 bits per heavy atom. The molecular formula is C53H60O7Si. The SMILES string of the molecule is CO[C@H]1O[C@H]([C@H](CCO[Si](c2ccccc2)(c2ccccc2)C(C)(C)C)OCc2ccccc2)[C@@H](OCc2ccccc2)[C@H](OCc2ccccc2)[C@H]1OCc1ccccc1. The van der Waals surface area contributed by atoms with Gasteiger partial charge in [0.25, 0.3) is 8.32 Å². The van der Waals surface area contributed by atoms with Crippen LogP contribution in [0.25, 0.3) is 0 Å². The van der Waals surface area contributed by atoms with E-state index in [2.05, 4.69) is 130 Å². The van der Waals surface area contributed by atoms with Gasteiger partial charge in [0.2, 0.25) is 0 Å². The third-order valence-electron chi connectivity index (χ3n) is 11.4. The molecule has 0 amide bonds. The van der Waals surface area contributed by atoms with Crippen LogP contribution < -0.4 is 10.4 Å². The molecule has 1 aliphatic rings. The summed E-state index contributed by atoms with van der Waals surface area (Å²) in [5.41, 5.74) is 4.17. The molecule has 0 radical (unpaired) electrons. The first-order chi connectivity index (χ1) is 29.9. The summed E-state index contributed by atoms with van der Waals surface area (Å²) in [6.07, 6.45) is -3.24. The summed E-state index contributed by atoms with van der Waals surface area (Å²) < 4.78 is 48.5. The number of methoxy groups -OCH3 is 1. The van der Waals surface area contributed by atoms with Crippen LogP contribution in [0.1, 0.15) is 49.4 Å². The van der Waals surface area contributed by atoms with Crippen molar-refractivity contribution in [3.63, 3.8) is 0 Å². The zero-order chi connectivity index (χ0) is 42.3. The second-order valence-electron chi connectivity index (χ2n) is 16.6. The van der Waals surface area contributed by atoms with Crippen molar-refractivity contribution in [1.82, 2.24) is 0 Å². The molecule has 61 heavy (non-hydrogen) atoms. The van der Waals surface area contributed by atoms with Gasteiger partial charge in [0.15, 0.2) is 6.29 Å². The van der Waals surface area contributed by atoms with E-state index in [1.807, 2.05) is 72.8 Å². The normalized spacial score (nSPS) is 20.0. The number of hydrogen-bond acceptors (Lipinski definition) is 7. The summed E-state index contributed by atoms with van der Waals surface area (Å²) in [7, 11) is -1.21. The van der Waals surface area contributed by atoms with Crippen LogP contribution in [0, 0.1) is 0 Å². The molecule has 0 aliphatic carbocycles. The summed E-state index contributed by atoms with van der Waals surface area (Å²) in [4.78, 5) is 0. The fourth-order valence-corrected chi connectivity index (χ4v) is 13.0. The number of rotatable bonds is 20. The van der Waals surface area contributed by atoms with Crippen LogP contribution in [-0.2, 0) is 59.3 Å². The summed E-state index contributed by atoms with van der Waals surface area (Å²) in [6, 6.07) is 62.2. The fourth-order valence-electron chi connectivity index (χ4n) is 8.39. The second kappa shape index (κ2) is 21.9. The molecule has 7 nitrogen and oxygen atoms in total. The van der Waals surface area contributed by atoms with E-state index in [0.29, 0.717) is 39.5 Å². The lowest BCUT2D eigenvalue weighted by Gasteiger charge is -2.48. The molecule has 1 saturated heterocycles. The van der Waals surface area contributed by atoms with E-state index in [9.17, 15) is 0 Å². The summed E-state index contributed by atoms with van der Waals surface area (Å²) >= 11 is 0. The molecule has 0 spiro atoms. The van der Waals surface area contributed by atoms with Crippen molar-refractivity contribution in [2.45, 2.75) is 95.5 Å². The van der Waals surface area contributed by atoms with Crippen molar-refractivity contribution >= 4 is 18.7 Å². The van der Waals surface area contributed by atoms with Gasteiger partial charge < -0.3 is 32.8 Å². The molecule has 6 aromatic rings. The van der Waals surface area contributed by atoms with Crippen molar-refractivity contribution in [2.24, 2.45) is 0 Å². The average Bonchev–Trinajstić information content (AvgIpc) is 3.31. The van der Waals surface area contributed by atoms with Gasteiger partial charge in [0.05, 0.1) is 32.5 Å². The Hall–Kier alpha value is -4.74. The predicted octanol–water partition coefficient (Wildman–Crippen LogP) is 9.67. The van der Waals surface area contributed by atoms with Gasteiger partial charge in [0, 0.05) is 13.7 Å². The van der Waals surface area contributed by atoms with Gasteiger partial charge in [-0.1, -0.05) is 203 Å². The molecule has 0 aromatic heterocycles. The minimum absolute atomic E-state index is 0.195. The van der Waals surface area contributed by atoms with Crippen LogP contribution >= 0.6 is 0 Å². The topological polar surface area (TPSA) is 64.6 Å². The van der Waals surface area contributed by atoms with E-state index in [1.54, 1.807) is 7.11 Å². The second-order valence-corrected chi connectivity index (χ2v) is 20.9. The van der Waals surface area contributed by atoms with E-state index in [1.165, 1.54) is 10.4 Å². The Morgan fingerprint density at radius 1 is 0.492 bits per heavy atom. The van der Waals surface area contributed by atoms with E-state index in [0.717, 1.165) is 22.3 Å². The van der Waals surface area contributed by atoms with Crippen LogP contribution in [-0.4, -0.2) is 58.8 Å². The molecule has 0 unspecified atom stereocenters. The Labute approximate surface area is 363 Å². The zero-order valence-electron chi connectivity index (χ0n) is 35.9. The maximum absolute atomic E-state index is 7.47. The summed E-state index contributed by atoms with van der Waals surface area (Å²) in [5.74, 6) is 0. The Morgan fingerprint density at radius 2 is 0.869 bits per heavy atom. The van der Waals surface area contributed by atoms with Gasteiger partial charge in [0.1, 0.15) is 24.4 Å². The van der Waals surface area contributed by atoms with Gasteiger partial charge in [-0.05, 0) is 44.1 Å². The van der Waals surface area contributed by atoms with Crippen LogP contribution in [0.15, 0.2) is 182 Å². The molecule has 318 valence electrons. The molecule has 0 N–H and O–H groups in total. The van der Waals surface area contributed by atoms with Gasteiger partial charge in [-0.2, -0.15) is 0 Å². The molecule has 0 saturated carbocycles. The molecule has 0 bridgehead atoms. The average molecular weight is 837 g/mol. The van der Waals surface area contributed by atoms with Crippen molar-refractivity contribution in [1.29, 1.82) is 0 Å². The zero-order valence-corrected chi connectivity index (χ0v) is 36.9. The third kappa shape index (κ3) is 11.4. The lowest BCUT2D eigenvalue weighted by Crippen LogP contribution is -2.67. The van der Waals surface area contributed by atoms with Crippen molar-refractivity contribution in [3.8, 4) is 0 Å². The number of benzene rings is 6. The monoisotopic (exact) mass is 836 g/mol. The molecule has 1 fully saturated rings. The highest BCUT2D eigenvalue weighted by molar-refractivity contribution is 6.99. The van der Waals surface area contributed by atoms with Crippen molar-refractivity contribution in [2.75, 3.05) is 13.7 Å². The molecule has 7 rings (SSSR count). The van der Waals surface area contributed by atoms with E-state index in [-0.39, 0.29) is 5.04 Å². The van der Waals surface area contributed by atoms with Crippen molar-refractivity contribution < 1.29 is 32.8 Å². The minimum atomic E-state index is -2.86. The molecule has 6 aromatic carbocycles. The van der Waals surface area contributed by atoms with Crippen LogP contribution in [0.4, 0.5) is 0 Å². The van der Waals surface area contributed by atoms with Crippen LogP contribution in [0.3, 0.4) is 0 Å². The first-order valence-corrected chi connectivity index (χ1v) is 23.3.